The van der Waals surface area contributed by atoms with Crippen LogP contribution in [-0.4, -0.2) is 10.9 Å². The highest BCUT2D eigenvalue weighted by Gasteiger charge is 2.12. The monoisotopic (exact) mass is 358 g/mol. The molecule has 2 aromatic heterocycles. The minimum Gasteiger partial charge on any atom is -0.345 e. The highest BCUT2D eigenvalue weighted by atomic mass is 127. The third kappa shape index (κ3) is 3.26. The molecule has 2 rings (SSSR count). The fourth-order valence-corrected chi connectivity index (χ4v) is 2.75. The Labute approximate surface area is 117 Å². The Morgan fingerprint density at radius 2 is 2.41 bits per heavy atom. The second kappa shape index (κ2) is 5.59. The maximum Gasteiger partial charge on any atom is 0.252 e. The smallest absolute Gasteiger partial charge is 0.252 e. The Bertz CT molecular complexity index is 512. The lowest BCUT2D eigenvalue weighted by Gasteiger charge is -2.12. The van der Waals surface area contributed by atoms with Gasteiger partial charge in [-0.2, -0.15) is 0 Å². The summed E-state index contributed by atoms with van der Waals surface area (Å²) in [5, 5.41) is 4.82. The van der Waals surface area contributed by atoms with E-state index in [-0.39, 0.29) is 11.9 Å². The number of nitrogens with zero attached hydrogens (tertiary/aromatic N) is 1. The molecule has 1 atom stereocenters. The van der Waals surface area contributed by atoms with Gasteiger partial charge in [0, 0.05) is 17.8 Å². The molecule has 2 aromatic rings. The minimum atomic E-state index is -0.0412. The van der Waals surface area contributed by atoms with E-state index in [0.717, 1.165) is 14.0 Å². The van der Waals surface area contributed by atoms with Gasteiger partial charge in [-0.15, -0.1) is 11.3 Å². The second-order valence-electron chi connectivity index (χ2n) is 3.62. The fourth-order valence-electron chi connectivity index (χ4n) is 1.42. The van der Waals surface area contributed by atoms with Crippen molar-refractivity contribution in [1.82, 2.24) is 10.3 Å². The van der Waals surface area contributed by atoms with Crippen molar-refractivity contribution in [2.45, 2.75) is 13.0 Å². The van der Waals surface area contributed by atoms with Gasteiger partial charge in [0.2, 0.25) is 0 Å². The summed E-state index contributed by atoms with van der Waals surface area (Å²) >= 11 is 3.78. The molecule has 0 aliphatic carbocycles. The number of amides is 1. The molecule has 88 valence electrons. The van der Waals surface area contributed by atoms with Gasteiger partial charge in [0.1, 0.15) is 0 Å². The molecule has 0 radical (unpaired) electrons. The molecule has 0 aliphatic rings. The molecule has 0 bridgehead atoms. The Morgan fingerprint density at radius 3 is 3.00 bits per heavy atom. The van der Waals surface area contributed by atoms with Gasteiger partial charge in [-0.3, -0.25) is 9.78 Å². The van der Waals surface area contributed by atoms with E-state index in [1.54, 1.807) is 23.7 Å². The molecule has 2 heterocycles. The average Bonchev–Trinajstić information content (AvgIpc) is 2.77. The van der Waals surface area contributed by atoms with Crippen LogP contribution in [0.15, 0.2) is 36.0 Å². The van der Waals surface area contributed by atoms with Gasteiger partial charge in [0.25, 0.3) is 5.91 Å². The van der Waals surface area contributed by atoms with Gasteiger partial charge in [-0.1, -0.05) is 6.07 Å². The summed E-state index contributed by atoms with van der Waals surface area (Å²) in [6, 6.07) is 5.67. The van der Waals surface area contributed by atoms with Gasteiger partial charge < -0.3 is 5.32 Å². The molecule has 0 saturated carbocycles. The predicted octanol–water partition coefficient (Wildman–Crippen LogP) is 3.24. The van der Waals surface area contributed by atoms with E-state index >= 15 is 0 Å². The van der Waals surface area contributed by atoms with E-state index in [9.17, 15) is 4.79 Å². The SMILES string of the molecule is CC(NC(=O)c1csc(I)c1)c1cccnc1. The number of nitrogens with one attached hydrogen (secondary N) is 1. The van der Waals surface area contributed by atoms with E-state index in [0.29, 0.717) is 0 Å². The Balaban J connectivity index is 2.04. The first-order valence-corrected chi connectivity index (χ1v) is 7.07. The van der Waals surface area contributed by atoms with E-state index in [1.807, 2.05) is 30.5 Å². The van der Waals surface area contributed by atoms with Crippen LogP contribution >= 0.6 is 33.9 Å². The van der Waals surface area contributed by atoms with Crippen LogP contribution in [-0.2, 0) is 0 Å². The highest BCUT2D eigenvalue weighted by molar-refractivity contribution is 14.1. The molecule has 1 N–H and O–H groups in total. The molecule has 0 aromatic carbocycles. The molecule has 0 fully saturated rings. The van der Waals surface area contributed by atoms with Crippen LogP contribution in [0.2, 0.25) is 0 Å². The van der Waals surface area contributed by atoms with Crippen molar-refractivity contribution in [1.29, 1.82) is 0 Å². The summed E-state index contributed by atoms with van der Waals surface area (Å²) in [6.07, 6.45) is 3.49. The standard InChI is InChI=1S/C12H11IN2OS/c1-8(9-3-2-4-14-6-9)15-12(16)10-5-11(13)17-7-10/h2-8H,1H3,(H,15,16). The van der Waals surface area contributed by atoms with E-state index in [4.69, 9.17) is 0 Å². The average molecular weight is 358 g/mol. The molecule has 3 nitrogen and oxygen atoms in total. The zero-order chi connectivity index (χ0) is 12.3. The maximum atomic E-state index is 11.9. The summed E-state index contributed by atoms with van der Waals surface area (Å²) in [6.45, 7) is 1.95. The number of carbonyl (C=O) groups excluding carboxylic acids is 1. The molecule has 0 spiro atoms. The number of hydrogen-bond acceptors (Lipinski definition) is 3. The zero-order valence-electron chi connectivity index (χ0n) is 9.18. The molecule has 1 unspecified atom stereocenters. The summed E-state index contributed by atoms with van der Waals surface area (Å²) in [7, 11) is 0. The van der Waals surface area contributed by atoms with E-state index < -0.39 is 0 Å². The summed E-state index contributed by atoms with van der Waals surface area (Å²) in [5.74, 6) is -0.0412. The molecule has 17 heavy (non-hydrogen) atoms. The lowest BCUT2D eigenvalue weighted by molar-refractivity contribution is 0.0940. The number of thiophene rings is 1. The van der Waals surface area contributed by atoms with Gasteiger partial charge >= 0.3 is 0 Å². The maximum absolute atomic E-state index is 11.9. The first-order chi connectivity index (χ1) is 8.16. The zero-order valence-corrected chi connectivity index (χ0v) is 12.2. The number of aromatic nitrogens is 1. The highest BCUT2D eigenvalue weighted by Crippen LogP contribution is 2.18. The topological polar surface area (TPSA) is 42.0 Å². The Hall–Kier alpha value is -0.950. The summed E-state index contributed by atoms with van der Waals surface area (Å²) in [5.41, 5.74) is 1.72. The number of rotatable bonds is 3. The summed E-state index contributed by atoms with van der Waals surface area (Å²) in [4.78, 5) is 16.0. The number of carbonyl (C=O) groups is 1. The normalized spacial score (nSPS) is 12.1. The first kappa shape index (κ1) is 12.5. The van der Waals surface area contributed by atoms with Crippen LogP contribution in [0.5, 0.6) is 0 Å². The second-order valence-corrected chi connectivity index (χ2v) is 6.43. The van der Waals surface area contributed by atoms with Crippen molar-refractivity contribution < 1.29 is 4.79 Å². The Kier molecular flexibility index (Phi) is 4.11. The number of pyridine rings is 1. The molecular weight excluding hydrogens is 347 g/mol. The molecule has 5 heteroatoms. The third-order valence-electron chi connectivity index (χ3n) is 2.36. The lowest BCUT2D eigenvalue weighted by Crippen LogP contribution is -2.26. The van der Waals surface area contributed by atoms with Crippen LogP contribution in [0, 0.1) is 2.88 Å². The van der Waals surface area contributed by atoms with E-state index in [1.165, 1.54) is 0 Å². The quantitative estimate of drug-likeness (QED) is 0.856. The van der Waals surface area contributed by atoms with E-state index in [2.05, 4.69) is 32.9 Å². The number of hydrogen-bond donors (Lipinski definition) is 1. The predicted molar refractivity (Wildman–Crippen MR) is 77.2 cm³/mol. The summed E-state index contributed by atoms with van der Waals surface area (Å²) < 4.78 is 1.11. The number of halogens is 1. The fraction of sp³-hybridized carbons (Fsp3) is 0.167. The van der Waals surface area contributed by atoms with Crippen LogP contribution in [0.4, 0.5) is 0 Å². The largest absolute Gasteiger partial charge is 0.345 e. The minimum absolute atomic E-state index is 0.0336. The third-order valence-corrected chi connectivity index (χ3v) is 4.15. The van der Waals surface area contributed by atoms with Crippen molar-refractivity contribution >= 4 is 39.8 Å². The lowest BCUT2D eigenvalue weighted by atomic mass is 10.1. The van der Waals surface area contributed by atoms with Crippen molar-refractivity contribution in [3.05, 3.63) is 50.0 Å². The van der Waals surface area contributed by atoms with Crippen molar-refractivity contribution in [3.8, 4) is 0 Å². The first-order valence-electron chi connectivity index (χ1n) is 5.11. The van der Waals surface area contributed by atoms with Gasteiger partial charge in [-0.25, -0.2) is 0 Å². The van der Waals surface area contributed by atoms with Crippen LogP contribution in [0.1, 0.15) is 28.9 Å². The molecule has 0 aliphatic heterocycles. The molecule has 0 saturated heterocycles. The van der Waals surface area contributed by atoms with Gasteiger partial charge in [0.05, 0.1) is 14.5 Å². The molecule has 1 amide bonds. The van der Waals surface area contributed by atoms with Crippen LogP contribution in [0.25, 0.3) is 0 Å². The van der Waals surface area contributed by atoms with Gasteiger partial charge in [-0.05, 0) is 47.2 Å². The van der Waals surface area contributed by atoms with Crippen LogP contribution < -0.4 is 5.32 Å². The van der Waals surface area contributed by atoms with Crippen molar-refractivity contribution in [2.75, 3.05) is 0 Å². The van der Waals surface area contributed by atoms with Crippen molar-refractivity contribution in [3.63, 3.8) is 0 Å². The van der Waals surface area contributed by atoms with Crippen LogP contribution in [0.3, 0.4) is 0 Å². The molecular formula is C12H11IN2OS. The Morgan fingerprint density at radius 1 is 1.59 bits per heavy atom. The van der Waals surface area contributed by atoms with Gasteiger partial charge in [0.15, 0.2) is 0 Å². The van der Waals surface area contributed by atoms with Crippen molar-refractivity contribution in [2.24, 2.45) is 0 Å².